The number of para-hydroxylation sites is 1. The van der Waals surface area contributed by atoms with E-state index in [9.17, 15) is 10.1 Å². The Kier molecular flexibility index (Phi) is 3.32. The van der Waals surface area contributed by atoms with Crippen LogP contribution in [-0.4, -0.2) is 33.7 Å². The van der Waals surface area contributed by atoms with E-state index in [0.29, 0.717) is 5.69 Å². The van der Waals surface area contributed by atoms with Gasteiger partial charge in [-0.3, -0.25) is 4.79 Å². The minimum atomic E-state index is -0.198. The Balaban J connectivity index is 2.06. The zero-order valence-electron chi connectivity index (χ0n) is 11.5. The second-order valence-electron chi connectivity index (χ2n) is 4.97. The third kappa shape index (κ3) is 2.23. The van der Waals surface area contributed by atoms with Gasteiger partial charge in [0.15, 0.2) is 11.4 Å². The molecule has 0 spiro atoms. The molecule has 0 radical (unpaired) electrons. The number of hydrogen-bond acceptors (Lipinski definition) is 4. The summed E-state index contributed by atoms with van der Waals surface area (Å²) >= 11 is 0. The van der Waals surface area contributed by atoms with Gasteiger partial charge in [0.2, 0.25) is 0 Å². The first-order valence-electron chi connectivity index (χ1n) is 6.85. The van der Waals surface area contributed by atoms with Gasteiger partial charge in [-0.2, -0.15) is 10.4 Å². The van der Waals surface area contributed by atoms with Crippen LogP contribution in [-0.2, 0) is 0 Å². The Morgan fingerprint density at radius 2 is 1.90 bits per heavy atom. The van der Waals surface area contributed by atoms with Crippen molar-refractivity contribution in [3.05, 3.63) is 41.7 Å². The predicted octanol–water partition coefficient (Wildman–Crippen LogP) is 1.56. The number of nitriles is 1. The average Bonchev–Trinajstić information content (AvgIpc) is 3.15. The Morgan fingerprint density at radius 1 is 1.24 bits per heavy atom. The van der Waals surface area contributed by atoms with Crippen molar-refractivity contribution in [1.82, 2.24) is 14.7 Å². The van der Waals surface area contributed by atoms with Crippen LogP contribution in [0.3, 0.4) is 0 Å². The van der Waals surface area contributed by atoms with Crippen molar-refractivity contribution < 1.29 is 4.79 Å². The molecule has 1 aliphatic rings. The molecule has 1 fully saturated rings. The number of carbonyl (C=O) groups is 1. The third-order valence-corrected chi connectivity index (χ3v) is 3.62. The number of nitrogens with zero attached hydrogens (tertiary/aromatic N) is 4. The summed E-state index contributed by atoms with van der Waals surface area (Å²) in [6.07, 6.45) is 1.99. The summed E-state index contributed by atoms with van der Waals surface area (Å²) in [5, 5.41) is 13.6. The largest absolute Gasteiger partial charge is 0.394 e. The van der Waals surface area contributed by atoms with E-state index >= 15 is 0 Å². The number of aromatic nitrogens is 2. The fourth-order valence-corrected chi connectivity index (χ4v) is 2.52. The average molecular weight is 281 g/mol. The number of nitrogens with two attached hydrogens (primary N) is 1. The minimum Gasteiger partial charge on any atom is -0.394 e. The summed E-state index contributed by atoms with van der Waals surface area (Å²) in [4.78, 5) is 14.2. The van der Waals surface area contributed by atoms with Gasteiger partial charge < -0.3 is 10.6 Å². The van der Waals surface area contributed by atoms with Crippen LogP contribution < -0.4 is 5.73 Å². The van der Waals surface area contributed by atoms with Crippen LogP contribution >= 0.6 is 0 Å². The maximum atomic E-state index is 12.4. The number of likely N-dealkylation sites (tertiary alicyclic amines) is 1. The smallest absolute Gasteiger partial charge is 0.276 e. The molecular formula is C15H15N5O. The van der Waals surface area contributed by atoms with E-state index in [4.69, 9.17) is 5.73 Å². The van der Waals surface area contributed by atoms with Gasteiger partial charge in [-0.25, -0.2) is 4.68 Å². The first kappa shape index (κ1) is 13.2. The Hall–Kier alpha value is -2.81. The summed E-state index contributed by atoms with van der Waals surface area (Å²) < 4.78 is 1.43. The SMILES string of the molecule is N#Cc1c(N)c(C(=O)N2CCCC2)nn1-c1ccccc1. The van der Waals surface area contributed by atoms with Crippen molar-refractivity contribution in [1.29, 1.82) is 5.26 Å². The maximum absolute atomic E-state index is 12.4. The number of anilines is 1. The molecule has 2 N–H and O–H groups in total. The van der Waals surface area contributed by atoms with Gasteiger partial charge in [0.05, 0.1) is 5.69 Å². The lowest BCUT2D eigenvalue weighted by Crippen LogP contribution is -2.28. The lowest BCUT2D eigenvalue weighted by Gasteiger charge is -2.13. The topological polar surface area (TPSA) is 87.9 Å². The molecular weight excluding hydrogens is 266 g/mol. The first-order chi connectivity index (χ1) is 10.2. The molecule has 6 heteroatoms. The molecule has 106 valence electrons. The van der Waals surface area contributed by atoms with E-state index in [0.717, 1.165) is 25.9 Å². The summed E-state index contributed by atoms with van der Waals surface area (Å²) in [5.41, 5.74) is 7.19. The highest BCUT2D eigenvalue weighted by Gasteiger charge is 2.27. The zero-order chi connectivity index (χ0) is 14.8. The Bertz CT molecular complexity index is 708. The highest BCUT2D eigenvalue weighted by atomic mass is 16.2. The number of amides is 1. The standard InChI is InChI=1S/C15H15N5O/c16-10-12-13(17)14(15(21)19-8-4-5-9-19)18-20(12)11-6-2-1-3-7-11/h1-3,6-7H,4-5,8-9,17H2. The van der Waals surface area contributed by atoms with Crippen LogP contribution in [0.15, 0.2) is 30.3 Å². The van der Waals surface area contributed by atoms with Crippen LogP contribution in [0, 0.1) is 11.3 Å². The van der Waals surface area contributed by atoms with E-state index < -0.39 is 0 Å². The van der Waals surface area contributed by atoms with Crippen LogP contribution in [0.4, 0.5) is 5.69 Å². The van der Waals surface area contributed by atoms with Crippen molar-refractivity contribution in [2.75, 3.05) is 18.8 Å². The number of benzene rings is 1. The van der Waals surface area contributed by atoms with Crippen molar-refractivity contribution >= 4 is 11.6 Å². The second-order valence-corrected chi connectivity index (χ2v) is 4.97. The molecule has 6 nitrogen and oxygen atoms in total. The van der Waals surface area contributed by atoms with Gasteiger partial charge in [0.25, 0.3) is 5.91 Å². The number of hydrogen-bond donors (Lipinski definition) is 1. The van der Waals surface area contributed by atoms with Crippen molar-refractivity contribution in [3.63, 3.8) is 0 Å². The zero-order valence-corrected chi connectivity index (χ0v) is 11.5. The lowest BCUT2D eigenvalue weighted by atomic mass is 10.2. The predicted molar refractivity (Wildman–Crippen MR) is 77.8 cm³/mol. The molecule has 3 rings (SSSR count). The van der Waals surface area contributed by atoms with E-state index in [1.165, 1.54) is 4.68 Å². The quantitative estimate of drug-likeness (QED) is 0.904. The monoisotopic (exact) mass is 281 g/mol. The highest BCUT2D eigenvalue weighted by Crippen LogP contribution is 2.23. The van der Waals surface area contributed by atoms with Gasteiger partial charge >= 0.3 is 0 Å². The number of nitrogen functional groups attached to an aromatic ring is 1. The van der Waals surface area contributed by atoms with Crippen molar-refractivity contribution in [3.8, 4) is 11.8 Å². The highest BCUT2D eigenvalue weighted by molar-refractivity contribution is 5.98. The molecule has 1 aromatic carbocycles. The number of rotatable bonds is 2. The molecule has 0 unspecified atom stereocenters. The van der Waals surface area contributed by atoms with Gasteiger partial charge in [0, 0.05) is 13.1 Å². The normalized spacial score (nSPS) is 14.1. The Labute approximate surface area is 122 Å². The van der Waals surface area contributed by atoms with Crippen LogP contribution in [0.1, 0.15) is 29.0 Å². The third-order valence-electron chi connectivity index (χ3n) is 3.62. The minimum absolute atomic E-state index is 0.151. The second kappa shape index (κ2) is 5.29. The van der Waals surface area contributed by atoms with Gasteiger partial charge in [0.1, 0.15) is 11.8 Å². The van der Waals surface area contributed by atoms with Gasteiger partial charge in [-0.15, -0.1) is 0 Å². The van der Waals surface area contributed by atoms with E-state index in [-0.39, 0.29) is 23.0 Å². The maximum Gasteiger partial charge on any atom is 0.276 e. The molecule has 1 aromatic heterocycles. The van der Waals surface area contributed by atoms with Gasteiger partial charge in [-0.05, 0) is 25.0 Å². The molecule has 0 atom stereocenters. The molecule has 21 heavy (non-hydrogen) atoms. The molecule has 0 saturated carbocycles. The fourth-order valence-electron chi connectivity index (χ4n) is 2.52. The summed E-state index contributed by atoms with van der Waals surface area (Å²) in [6, 6.07) is 11.2. The van der Waals surface area contributed by atoms with Gasteiger partial charge in [-0.1, -0.05) is 18.2 Å². The van der Waals surface area contributed by atoms with E-state index in [2.05, 4.69) is 5.10 Å². The molecule has 2 aromatic rings. The molecule has 1 aliphatic heterocycles. The summed E-state index contributed by atoms with van der Waals surface area (Å²) in [7, 11) is 0. The fraction of sp³-hybridized carbons (Fsp3) is 0.267. The molecule has 2 heterocycles. The molecule has 0 aliphatic carbocycles. The molecule has 1 amide bonds. The summed E-state index contributed by atoms with van der Waals surface area (Å²) in [5.74, 6) is -0.198. The van der Waals surface area contributed by atoms with Crippen molar-refractivity contribution in [2.24, 2.45) is 0 Å². The number of carbonyl (C=O) groups excluding carboxylic acids is 1. The van der Waals surface area contributed by atoms with Crippen LogP contribution in [0.25, 0.3) is 5.69 Å². The molecule has 1 saturated heterocycles. The van der Waals surface area contributed by atoms with Crippen molar-refractivity contribution in [2.45, 2.75) is 12.8 Å². The van der Waals surface area contributed by atoms with E-state index in [1.54, 1.807) is 4.90 Å². The van der Waals surface area contributed by atoms with Crippen LogP contribution in [0.2, 0.25) is 0 Å². The van der Waals surface area contributed by atoms with E-state index in [1.807, 2.05) is 36.4 Å². The summed E-state index contributed by atoms with van der Waals surface area (Å²) in [6.45, 7) is 1.44. The lowest BCUT2D eigenvalue weighted by molar-refractivity contribution is 0.0787. The van der Waals surface area contributed by atoms with Crippen LogP contribution in [0.5, 0.6) is 0 Å². The first-order valence-corrected chi connectivity index (χ1v) is 6.85. The Morgan fingerprint density at radius 3 is 2.52 bits per heavy atom. The molecule has 0 bridgehead atoms.